The maximum Gasteiger partial charge on any atom is 0.350 e. The summed E-state index contributed by atoms with van der Waals surface area (Å²) in [5, 5.41) is 1.33. The van der Waals surface area contributed by atoms with Gasteiger partial charge >= 0.3 is 5.97 Å². The van der Waals surface area contributed by atoms with Gasteiger partial charge < -0.3 is 9.47 Å². The van der Waals surface area contributed by atoms with Crippen LogP contribution in [0.1, 0.15) is 15.2 Å². The molecule has 1 aromatic heterocycles. The smallest absolute Gasteiger partial charge is 0.350 e. The van der Waals surface area contributed by atoms with E-state index in [1.54, 1.807) is 0 Å². The van der Waals surface area contributed by atoms with E-state index in [2.05, 4.69) is 0 Å². The maximum atomic E-state index is 12.1. The Morgan fingerprint density at radius 2 is 1.96 bits per heavy atom. The van der Waals surface area contributed by atoms with E-state index in [4.69, 9.17) is 21.1 Å². The molecule has 3 rings (SSSR count). The third-order valence-electron chi connectivity index (χ3n) is 3.30. The van der Waals surface area contributed by atoms with Crippen LogP contribution in [0.15, 0.2) is 48.5 Å². The molecule has 0 spiro atoms. The van der Waals surface area contributed by atoms with Crippen molar-refractivity contribution >= 4 is 39.0 Å². The van der Waals surface area contributed by atoms with Crippen molar-refractivity contribution in [2.24, 2.45) is 0 Å². The third-order valence-corrected chi connectivity index (χ3v) is 4.95. The van der Waals surface area contributed by atoms with Gasteiger partial charge in [-0.05, 0) is 30.7 Å². The molecule has 0 radical (unpaired) electrons. The van der Waals surface area contributed by atoms with E-state index in [1.165, 1.54) is 11.3 Å². The summed E-state index contributed by atoms with van der Waals surface area (Å²) in [6.07, 6.45) is 0. The van der Waals surface area contributed by atoms with Gasteiger partial charge in [-0.15, -0.1) is 11.3 Å². The summed E-state index contributed by atoms with van der Waals surface area (Å²) in [7, 11) is 0. The van der Waals surface area contributed by atoms with Crippen molar-refractivity contribution in [2.45, 2.75) is 6.92 Å². The molecule has 2 aromatic carbocycles. The van der Waals surface area contributed by atoms with Crippen molar-refractivity contribution < 1.29 is 14.3 Å². The first-order chi connectivity index (χ1) is 11.1. The summed E-state index contributed by atoms with van der Waals surface area (Å²) >= 11 is 7.60. The topological polar surface area (TPSA) is 35.5 Å². The highest BCUT2D eigenvalue weighted by Gasteiger charge is 2.18. The molecule has 0 aliphatic heterocycles. The van der Waals surface area contributed by atoms with E-state index in [1.807, 2.05) is 55.5 Å². The molecule has 0 bridgehead atoms. The molecule has 3 aromatic rings. The van der Waals surface area contributed by atoms with Crippen molar-refractivity contribution in [1.29, 1.82) is 0 Å². The van der Waals surface area contributed by atoms with Crippen LogP contribution in [0.4, 0.5) is 0 Å². The molecule has 0 fully saturated rings. The highest BCUT2D eigenvalue weighted by Crippen LogP contribution is 2.35. The van der Waals surface area contributed by atoms with E-state index in [0.29, 0.717) is 16.5 Å². The van der Waals surface area contributed by atoms with E-state index in [0.717, 1.165) is 21.4 Å². The minimum atomic E-state index is -0.413. The third kappa shape index (κ3) is 3.66. The summed E-state index contributed by atoms with van der Waals surface area (Å²) in [5.74, 6) is 0.352. The number of hydrogen-bond acceptors (Lipinski definition) is 4. The molecule has 0 amide bonds. The Morgan fingerprint density at radius 3 is 2.74 bits per heavy atom. The van der Waals surface area contributed by atoms with Gasteiger partial charge in [0.1, 0.15) is 23.8 Å². The lowest BCUT2D eigenvalue weighted by atomic mass is 10.2. The Labute approximate surface area is 143 Å². The van der Waals surface area contributed by atoms with Gasteiger partial charge in [0.2, 0.25) is 0 Å². The van der Waals surface area contributed by atoms with Crippen molar-refractivity contribution in [3.63, 3.8) is 0 Å². The summed E-state index contributed by atoms with van der Waals surface area (Å²) in [6.45, 7) is 2.48. The molecule has 0 saturated heterocycles. The molecule has 3 nitrogen and oxygen atoms in total. The molecule has 1 heterocycles. The van der Waals surface area contributed by atoms with E-state index >= 15 is 0 Å². The fraction of sp³-hybridized carbons (Fsp3) is 0.167. The summed E-state index contributed by atoms with van der Waals surface area (Å²) in [5.41, 5.74) is 1.12. The normalized spacial score (nSPS) is 10.7. The predicted octanol–water partition coefficient (Wildman–Crippen LogP) is 5.10. The Hall–Kier alpha value is -2.04. The fourth-order valence-electron chi connectivity index (χ4n) is 2.21. The number of esters is 1. The van der Waals surface area contributed by atoms with Gasteiger partial charge in [0.15, 0.2) is 0 Å². The van der Waals surface area contributed by atoms with Gasteiger partial charge in [0.25, 0.3) is 0 Å². The van der Waals surface area contributed by atoms with E-state index < -0.39 is 5.97 Å². The predicted molar refractivity (Wildman–Crippen MR) is 93.8 cm³/mol. The van der Waals surface area contributed by atoms with Gasteiger partial charge in [-0.25, -0.2) is 4.79 Å². The minimum absolute atomic E-state index is 0.178. The Morgan fingerprint density at radius 1 is 1.13 bits per heavy atom. The first kappa shape index (κ1) is 15.8. The molecule has 0 saturated carbocycles. The van der Waals surface area contributed by atoms with E-state index in [-0.39, 0.29) is 6.61 Å². The van der Waals surface area contributed by atoms with Crippen LogP contribution in [-0.2, 0) is 4.74 Å². The average molecular weight is 347 g/mol. The largest absolute Gasteiger partial charge is 0.490 e. The highest BCUT2D eigenvalue weighted by molar-refractivity contribution is 7.21. The molecule has 118 valence electrons. The number of aryl methyl sites for hydroxylation is 1. The number of rotatable bonds is 5. The summed E-state index contributed by atoms with van der Waals surface area (Å²) < 4.78 is 11.8. The van der Waals surface area contributed by atoms with E-state index in [9.17, 15) is 4.79 Å². The first-order valence-electron chi connectivity index (χ1n) is 7.19. The van der Waals surface area contributed by atoms with Crippen LogP contribution >= 0.6 is 22.9 Å². The molecule has 0 unspecified atom stereocenters. The molecule has 23 heavy (non-hydrogen) atoms. The zero-order valence-electron chi connectivity index (χ0n) is 12.5. The first-order valence-corrected chi connectivity index (χ1v) is 8.38. The van der Waals surface area contributed by atoms with Crippen LogP contribution in [0.2, 0.25) is 5.02 Å². The second kappa shape index (κ2) is 7.02. The fourth-order valence-corrected chi connectivity index (χ4v) is 3.61. The van der Waals surface area contributed by atoms with Crippen LogP contribution in [0, 0.1) is 6.92 Å². The zero-order chi connectivity index (χ0) is 16.2. The number of fused-ring (bicyclic) bond motifs is 1. The highest BCUT2D eigenvalue weighted by atomic mass is 35.5. The molecular weight excluding hydrogens is 332 g/mol. The number of thiophene rings is 1. The number of ether oxygens (including phenoxy) is 2. The van der Waals surface area contributed by atoms with Gasteiger partial charge in [0, 0.05) is 10.1 Å². The van der Waals surface area contributed by atoms with Gasteiger partial charge in [-0.3, -0.25) is 0 Å². The number of carbonyl (C=O) groups is 1. The molecule has 0 atom stereocenters. The number of carbonyl (C=O) groups excluding carboxylic acids is 1. The van der Waals surface area contributed by atoms with Crippen molar-refractivity contribution in [2.75, 3.05) is 13.2 Å². The Balaban J connectivity index is 1.57. The molecule has 0 aliphatic rings. The number of hydrogen-bond donors (Lipinski definition) is 0. The van der Waals surface area contributed by atoms with Crippen LogP contribution in [0.3, 0.4) is 0 Å². The van der Waals surface area contributed by atoms with Crippen LogP contribution in [-0.4, -0.2) is 19.2 Å². The second-order valence-electron chi connectivity index (χ2n) is 5.04. The van der Waals surface area contributed by atoms with Gasteiger partial charge in [-0.2, -0.15) is 0 Å². The van der Waals surface area contributed by atoms with Gasteiger partial charge in [0.05, 0.1) is 5.02 Å². The van der Waals surface area contributed by atoms with Crippen molar-refractivity contribution in [1.82, 2.24) is 0 Å². The Bertz CT molecular complexity index is 841. The molecule has 0 aliphatic carbocycles. The molecule has 0 N–H and O–H groups in total. The Kier molecular flexibility index (Phi) is 4.84. The lowest BCUT2D eigenvalue weighted by Gasteiger charge is -2.07. The molecule has 5 heteroatoms. The lowest BCUT2D eigenvalue weighted by Crippen LogP contribution is -2.11. The van der Waals surface area contributed by atoms with Crippen molar-refractivity contribution in [3.8, 4) is 5.75 Å². The second-order valence-corrected chi connectivity index (χ2v) is 6.47. The quantitative estimate of drug-likeness (QED) is 0.476. The maximum absolute atomic E-state index is 12.1. The average Bonchev–Trinajstić information content (AvgIpc) is 2.89. The zero-order valence-corrected chi connectivity index (χ0v) is 14.1. The summed E-state index contributed by atoms with van der Waals surface area (Å²) in [4.78, 5) is 12.6. The SMILES string of the molecule is Cc1cccc(OCCOC(=O)c2sc3ccccc3c2Cl)c1. The van der Waals surface area contributed by atoms with Crippen LogP contribution < -0.4 is 4.74 Å². The molecular formula is C18H15ClO3S. The van der Waals surface area contributed by atoms with Gasteiger partial charge in [-0.1, -0.05) is 41.9 Å². The van der Waals surface area contributed by atoms with Crippen LogP contribution in [0.5, 0.6) is 5.75 Å². The van der Waals surface area contributed by atoms with Crippen molar-refractivity contribution in [3.05, 3.63) is 64.0 Å². The number of halogens is 1. The summed E-state index contributed by atoms with van der Waals surface area (Å²) in [6, 6.07) is 15.4. The number of benzene rings is 2. The monoisotopic (exact) mass is 346 g/mol. The minimum Gasteiger partial charge on any atom is -0.490 e. The lowest BCUT2D eigenvalue weighted by molar-refractivity contribution is 0.0456. The standard InChI is InChI=1S/C18H15ClO3S/c1-12-5-4-6-13(11-12)21-9-10-22-18(20)17-16(19)14-7-2-3-8-15(14)23-17/h2-8,11H,9-10H2,1H3. The van der Waals surface area contributed by atoms with Crippen LogP contribution in [0.25, 0.3) is 10.1 Å².